The van der Waals surface area contributed by atoms with Gasteiger partial charge in [0, 0.05) is 18.2 Å². The highest BCUT2D eigenvalue weighted by Gasteiger charge is 2.17. The summed E-state index contributed by atoms with van der Waals surface area (Å²) in [7, 11) is 0. The summed E-state index contributed by atoms with van der Waals surface area (Å²) in [6.07, 6.45) is 1.77. The molecule has 0 aliphatic heterocycles. The van der Waals surface area contributed by atoms with Gasteiger partial charge < -0.3 is 5.32 Å². The van der Waals surface area contributed by atoms with E-state index in [0.717, 1.165) is 16.3 Å². The van der Waals surface area contributed by atoms with Gasteiger partial charge in [-0.1, -0.05) is 42.5 Å². The Kier molecular flexibility index (Phi) is 5.00. The predicted molar refractivity (Wildman–Crippen MR) is 100.0 cm³/mol. The summed E-state index contributed by atoms with van der Waals surface area (Å²) in [5.41, 5.74) is 1.23. The lowest BCUT2D eigenvalue weighted by Crippen LogP contribution is -2.23. The molecule has 0 fully saturated rings. The Morgan fingerprint density at radius 3 is 2.64 bits per heavy atom. The molecule has 0 heterocycles. The van der Waals surface area contributed by atoms with Crippen LogP contribution in [0.4, 0.5) is 5.69 Å². The minimum atomic E-state index is -0.465. The van der Waals surface area contributed by atoms with Crippen LogP contribution in [0.15, 0.2) is 65.6 Å². The van der Waals surface area contributed by atoms with Crippen molar-refractivity contribution < 1.29 is 9.72 Å². The first-order valence-electron chi connectivity index (χ1n) is 7.67. The molecule has 5 nitrogen and oxygen atoms in total. The molecule has 0 radical (unpaired) electrons. The second-order valence-electron chi connectivity index (χ2n) is 5.46. The number of hydrogen-bond acceptors (Lipinski definition) is 4. The molecule has 0 atom stereocenters. The van der Waals surface area contributed by atoms with Gasteiger partial charge in [-0.2, -0.15) is 0 Å². The molecular formula is C19H16N2O3S. The number of nitro benzene ring substituents is 1. The largest absolute Gasteiger partial charge is 0.348 e. The van der Waals surface area contributed by atoms with E-state index in [2.05, 4.69) is 5.32 Å². The van der Waals surface area contributed by atoms with Crippen molar-refractivity contribution in [1.29, 1.82) is 0 Å². The van der Waals surface area contributed by atoms with E-state index in [1.807, 2.05) is 42.5 Å². The van der Waals surface area contributed by atoms with Crippen molar-refractivity contribution in [2.75, 3.05) is 6.26 Å². The number of amides is 1. The topological polar surface area (TPSA) is 72.2 Å². The van der Waals surface area contributed by atoms with Gasteiger partial charge in [-0.05, 0) is 34.7 Å². The highest BCUT2D eigenvalue weighted by molar-refractivity contribution is 7.98. The van der Waals surface area contributed by atoms with Crippen molar-refractivity contribution in [3.05, 3.63) is 81.9 Å². The third-order valence-corrected chi connectivity index (χ3v) is 4.74. The van der Waals surface area contributed by atoms with Gasteiger partial charge in [0.2, 0.25) is 0 Å². The van der Waals surface area contributed by atoms with Crippen LogP contribution < -0.4 is 5.32 Å². The summed E-state index contributed by atoms with van der Waals surface area (Å²) in [6, 6.07) is 18.4. The highest BCUT2D eigenvalue weighted by Crippen LogP contribution is 2.28. The van der Waals surface area contributed by atoms with E-state index >= 15 is 0 Å². The zero-order chi connectivity index (χ0) is 17.8. The first-order valence-corrected chi connectivity index (χ1v) is 8.90. The first kappa shape index (κ1) is 17.0. The van der Waals surface area contributed by atoms with Crippen LogP contribution in [-0.4, -0.2) is 17.1 Å². The lowest BCUT2D eigenvalue weighted by atomic mass is 10.0. The Morgan fingerprint density at radius 2 is 1.88 bits per heavy atom. The van der Waals surface area contributed by atoms with E-state index in [1.165, 1.54) is 17.8 Å². The molecule has 25 heavy (non-hydrogen) atoms. The van der Waals surface area contributed by atoms with E-state index in [-0.39, 0.29) is 17.2 Å². The van der Waals surface area contributed by atoms with Gasteiger partial charge in [-0.25, -0.2) is 0 Å². The summed E-state index contributed by atoms with van der Waals surface area (Å²) in [4.78, 5) is 23.6. The van der Waals surface area contributed by atoms with Gasteiger partial charge in [0.1, 0.15) is 0 Å². The number of fused-ring (bicyclic) bond motifs is 1. The fraction of sp³-hybridized carbons (Fsp3) is 0.105. The normalized spacial score (nSPS) is 10.6. The summed E-state index contributed by atoms with van der Waals surface area (Å²) in [6.45, 7) is 0.359. The molecule has 0 spiro atoms. The van der Waals surface area contributed by atoms with Gasteiger partial charge >= 0.3 is 0 Å². The number of nitro groups is 1. The maximum Gasteiger partial charge on any atom is 0.283 e. The zero-order valence-corrected chi connectivity index (χ0v) is 14.4. The minimum absolute atomic E-state index is 0.0506. The number of carbonyl (C=O) groups excluding carboxylic acids is 1. The van der Waals surface area contributed by atoms with Gasteiger partial charge in [-0.3, -0.25) is 14.9 Å². The van der Waals surface area contributed by atoms with E-state index in [1.54, 1.807) is 18.4 Å². The molecule has 3 aromatic carbocycles. The van der Waals surface area contributed by atoms with Gasteiger partial charge in [0.25, 0.3) is 11.6 Å². The number of thioether (sulfide) groups is 1. The lowest BCUT2D eigenvalue weighted by Gasteiger charge is -2.09. The molecule has 0 aliphatic rings. The number of nitrogens with zero attached hydrogens (tertiary/aromatic N) is 1. The van der Waals surface area contributed by atoms with E-state index in [0.29, 0.717) is 11.4 Å². The Labute approximate surface area is 149 Å². The van der Waals surface area contributed by atoms with Crippen LogP contribution in [0.25, 0.3) is 10.8 Å². The van der Waals surface area contributed by atoms with Gasteiger partial charge in [0.05, 0.1) is 9.82 Å². The van der Waals surface area contributed by atoms with Crippen LogP contribution in [0.5, 0.6) is 0 Å². The van der Waals surface area contributed by atoms with Crippen molar-refractivity contribution in [3.8, 4) is 0 Å². The average Bonchev–Trinajstić information content (AvgIpc) is 2.65. The molecule has 0 aliphatic carbocycles. The number of hydrogen-bond donors (Lipinski definition) is 1. The molecule has 3 aromatic rings. The number of carbonyl (C=O) groups is 1. The maximum atomic E-state index is 12.4. The highest BCUT2D eigenvalue weighted by atomic mass is 32.2. The molecule has 6 heteroatoms. The van der Waals surface area contributed by atoms with Crippen molar-refractivity contribution in [3.63, 3.8) is 0 Å². The molecule has 1 N–H and O–H groups in total. The second-order valence-corrected chi connectivity index (χ2v) is 6.31. The van der Waals surface area contributed by atoms with Crippen molar-refractivity contribution in [2.24, 2.45) is 0 Å². The quantitative estimate of drug-likeness (QED) is 0.420. The van der Waals surface area contributed by atoms with Gasteiger partial charge in [0.15, 0.2) is 0 Å². The number of benzene rings is 3. The Morgan fingerprint density at radius 1 is 1.12 bits per heavy atom. The number of nitrogens with one attached hydrogen (secondary N) is 1. The Bertz CT molecular complexity index is 951. The summed E-state index contributed by atoms with van der Waals surface area (Å²) in [5.74, 6) is -0.330. The standard InChI is InChI=1S/C19H16N2O3S/c1-25-18-10-9-14(11-17(18)21(23)24)19(22)20-12-15-7-4-6-13-5-2-3-8-16(13)15/h2-11H,12H2,1H3,(H,20,22). The Hall–Kier alpha value is -2.86. The van der Waals surface area contributed by atoms with Crippen LogP contribution >= 0.6 is 11.8 Å². The summed E-state index contributed by atoms with van der Waals surface area (Å²) < 4.78 is 0. The maximum absolute atomic E-state index is 12.4. The smallest absolute Gasteiger partial charge is 0.283 e. The van der Waals surface area contributed by atoms with Crippen molar-refractivity contribution in [2.45, 2.75) is 11.4 Å². The van der Waals surface area contributed by atoms with Crippen molar-refractivity contribution >= 4 is 34.1 Å². The van der Waals surface area contributed by atoms with Crippen LogP contribution in [0.3, 0.4) is 0 Å². The molecular weight excluding hydrogens is 336 g/mol. The third-order valence-electron chi connectivity index (χ3n) is 3.96. The molecule has 0 saturated heterocycles. The van der Waals surface area contributed by atoms with Crippen molar-refractivity contribution in [1.82, 2.24) is 5.32 Å². The first-order chi connectivity index (χ1) is 12.1. The van der Waals surface area contributed by atoms with E-state index < -0.39 is 4.92 Å². The number of rotatable bonds is 5. The lowest BCUT2D eigenvalue weighted by molar-refractivity contribution is -0.387. The summed E-state index contributed by atoms with van der Waals surface area (Å²) >= 11 is 1.28. The second kappa shape index (κ2) is 7.36. The van der Waals surface area contributed by atoms with E-state index in [9.17, 15) is 14.9 Å². The van der Waals surface area contributed by atoms with Crippen LogP contribution in [-0.2, 0) is 6.54 Å². The van der Waals surface area contributed by atoms with E-state index in [4.69, 9.17) is 0 Å². The molecule has 0 bridgehead atoms. The fourth-order valence-electron chi connectivity index (χ4n) is 2.70. The summed E-state index contributed by atoms with van der Waals surface area (Å²) in [5, 5.41) is 16.2. The third kappa shape index (κ3) is 3.64. The molecule has 1 amide bonds. The molecule has 126 valence electrons. The minimum Gasteiger partial charge on any atom is -0.348 e. The van der Waals surface area contributed by atoms with Gasteiger partial charge in [-0.15, -0.1) is 11.8 Å². The van der Waals surface area contributed by atoms with Crippen LogP contribution in [0.2, 0.25) is 0 Å². The van der Waals surface area contributed by atoms with Crippen LogP contribution in [0.1, 0.15) is 15.9 Å². The average molecular weight is 352 g/mol. The monoisotopic (exact) mass is 352 g/mol. The molecule has 0 saturated carbocycles. The van der Waals surface area contributed by atoms with Crippen LogP contribution in [0, 0.1) is 10.1 Å². The zero-order valence-electron chi connectivity index (χ0n) is 13.6. The molecule has 0 unspecified atom stereocenters. The fourth-order valence-corrected chi connectivity index (χ4v) is 3.24. The molecule has 3 rings (SSSR count). The predicted octanol–water partition coefficient (Wildman–Crippen LogP) is 4.40. The molecule has 0 aromatic heterocycles. The SMILES string of the molecule is CSc1ccc(C(=O)NCc2cccc3ccccc23)cc1[N+](=O)[O-]. The Balaban J connectivity index is 1.81.